The molecular weight excluding hydrogens is 176 g/mol. The number of rotatable bonds is 1. The van der Waals surface area contributed by atoms with Crippen LogP contribution in [0, 0.1) is 6.92 Å². The van der Waals surface area contributed by atoms with Gasteiger partial charge >= 0.3 is 0 Å². The predicted molar refractivity (Wildman–Crippen MR) is 55.2 cm³/mol. The first-order chi connectivity index (χ1) is 6.63. The lowest BCUT2D eigenvalue weighted by atomic mass is 9.80. The summed E-state index contributed by atoms with van der Waals surface area (Å²) in [5.41, 5.74) is 2.88. The maximum atomic E-state index is 9.95. The molecule has 1 unspecified atom stereocenters. The van der Waals surface area contributed by atoms with Gasteiger partial charge in [-0.15, -0.1) is 0 Å². The molecule has 0 aliphatic heterocycles. The molecule has 0 saturated carbocycles. The standard InChI is InChI=1S/C12H16O2/c1-9-2-3-11-7-12(14,8-13)5-4-10(11)6-9/h2-3,6,13-14H,4-5,7-8H2,1H3. The van der Waals surface area contributed by atoms with Crippen molar-refractivity contribution < 1.29 is 10.2 Å². The fraction of sp³-hybridized carbons (Fsp3) is 0.500. The van der Waals surface area contributed by atoms with Gasteiger partial charge in [0.1, 0.15) is 0 Å². The van der Waals surface area contributed by atoms with Crippen molar-refractivity contribution in [2.45, 2.75) is 31.8 Å². The zero-order valence-electron chi connectivity index (χ0n) is 8.45. The van der Waals surface area contributed by atoms with Gasteiger partial charge < -0.3 is 10.2 Å². The van der Waals surface area contributed by atoms with Crippen molar-refractivity contribution in [3.8, 4) is 0 Å². The van der Waals surface area contributed by atoms with Gasteiger partial charge in [-0.25, -0.2) is 0 Å². The van der Waals surface area contributed by atoms with Crippen LogP contribution in [-0.4, -0.2) is 22.4 Å². The molecule has 0 heterocycles. The van der Waals surface area contributed by atoms with E-state index in [0.29, 0.717) is 12.8 Å². The summed E-state index contributed by atoms with van der Waals surface area (Å²) in [6.07, 6.45) is 2.12. The van der Waals surface area contributed by atoms with Crippen molar-refractivity contribution in [1.29, 1.82) is 0 Å². The summed E-state index contributed by atoms with van der Waals surface area (Å²) in [5, 5.41) is 19.0. The topological polar surface area (TPSA) is 40.5 Å². The fourth-order valence-corrected chi connectivity index (χ4v) is 2.11. The summed E-state index contributed by atoms with van der Waals surface area (Å²) in [6, 6.07) is 6.29. The van der Waals surface area contributed by atoms with E-state index in [1.165, 1.54) is 16.7 Å². The van der Waals surface area contributed by atoms with Crippen molar-refractivity contribution in [3.63, 3.8) is 0 Å². The smallest absolute Gasteiger partial charge is 0.0920 e. The number of hydrogen-bond donors (Lipinski definition) is 2. The Hall–Kier alpha value is -0.860. The van der Waals surface area contributed by atoms with E-state index in [-0.39, 0.29) is 6.61 Å². The molecule has 1 aliphatic carbocycles. The first-order valence-electron chi connectivity index (χ1n) is 5.05. The lowest BCUT2D eigenvalue weighted by molar-refractivity contribution is -0.0248. The number of aliphatic hydroxyl groups excluding tert-OH is 1. The van der Waals surface area contributed by atoms with Crippen molar-refractivity contribution in [1.82, 2.24) is 0 Å². The number of aliphatic hydroxyl groups is 2. The molecule has 2 heteroatoms. The van der Waals surface area contributed by atoms with Crippen LogP contribution in [0.1, 0.15) is 23.1 Å². The van der Waals surface area contributed by atoms with Crippen LogP contribution in [0.3, 0.4) is 0 Å². The van der Waals surface area contributed by atoms with E-state index in [1.807, 2.05) is 0 Å². The van der Waals surface area contributed by atoms with Gasteiger partial charge in [0.15, 0.2) is 0 Å². The Kier molecular flexibility index (Phi) is 2.33. The Labute approximate surface area is 84.2 Å². The molecule has 0 fully saturated rings. The molecule has 0 amide bonds. The Bertz CT molecular complexity index is 346. The number of benzene rings is 1. The molecule has 1 aromatic carbocycles. The van der Waals surface area contributed by atoms with Crippen LogP contribution in [0.15, 0.2) is 18.2 Å². The van der Waals surface area contributed by atoms with Crippen molar-refractivity contribution >= 4 is 0 Å². The van der Waals surface area contributed by atoms with Gasteiger partial charge in [0.25, 0.3) is 0 Å². The van der Waals surface area contributed by atoms with Crippen LogP contribution >= 0.6 is 0 Å². The summed E-state index contributed by atoms with van der Waals surface area (Å²) in [4.78, 5) is 0. The molecule has 2 rings (SSSR count). The summed E-state index contributed by atoms with van der Waals surface area (Å²) in [5.74, 6) is 0. The number of fused-ring (bicyclic) bond motifs is 1. The van der Waals surface area contributed by atoms with Crippen LogP contribution < -0.4 is 0 Å². The molecular formula is C12H16O2. The zero-order valence-corrected chi connectivity index (χ0v) is 8.45. The molecule has 2 N–H and O–H groups in total. The van der Waals surface area contributed by atoms with Gasteiger partial charge in [-0.05, 0) is 30.9 Å². The van der Waals surface area contributed by atoms with Gasteiger partial charge in [0, 0.05) is 6.42 Å². The van der Waals surface area contributed by atoms with Crippen molar-refractivity contribution in [2.75, 3.05) is 6.61 Å². The van der Waals surface area contributed by atoms with E-state index >= 15 is 0 Å². The SMILES string of the molecule is Cc1ccc2c(c1)CCC(O)(CO)C2. The average Bonchev–Trinajstić information content (AvgIpc) is 2.19. The monoisotopic (exact) mass is 192 g/mol. The molecule has 2 nitrogen and oxygen atoms in total. The Morgan fingerprint density at radius 1 is 1.36 bits per heavy atom. The third kappa shape index (κ3) is 1.68. The van der Waals surface area contributed by atoms with E-state index in [4.69, 9.17) is 5.11 Å². The third-order valence-electron chi connectivity index (χ3n) is 3.04. The van der Waals surface area contributed by atoms with Crippen LogP contribution in [0.5, 0.6) is 0 Å². The molecule has 76 valence electrons. The van der Waals surface area contributed by atoms with E-state index in [1.54, 1.807) is 0 Å². The molecule has 0 radical (unpaired) electrons. The summed E-state index contributed by atoms with van der Waals surface area (Å²) in [6.45, 7) is 1.94. The minimum atomic E-state index is -0.887. The lowest BCUT2D eigenvalue weighted by Gasteiger charge is -2.31. The predicted octanol–water partition coefficient (Wildman–Crippen LogP) is 1.21. The second-order valence-corrected chi connectivity index (χ2v) is 4.33. The van der Waals surface area contributed by atoms with Crippen LogP contribution in [0.25, 0.3) is 0 Å². The Balaban J connectivity index is 2.31. The van der Waals surface area contributed by atoms with Crippen molar-refractivity contribution in [3.05, 3.63) is 34.9 Å². The highest BCUT2D eigenvalue weighted by atomic mass is 16.3. The molecule has 0 aromatic heterocycles. The summed E-state index contributed by atoms with van der Waals surface area (Å²) < 4.78 is 0. The molecule has 0 bridgehead atoms. The lowest BCUT2D eigenvalue weighted by Crippen LogP contribution is -2.39. The van der Waals surface area contributed by atoms with Gasteiger partial charge in [0.2, 0.25) is 0 Å². The van der Waals surface area contributed by atoms with Crippen LogP contribution in [-0.2, 0) is 12.8 Å². The van der Waals surface area contributed by atoms with Gasteiger partial charge in [-0.2, -0.15) is 0 Å². The minimum Gasteiger partial charge on any atom is -0.393 e. The number of aryl methyl sites for hydroxylation is 2. The Morgan fingerprint density at radius 2 is 2.14 bits per heavy atom. The molecule has 1 atom stereocenters. The largest absolute Gasteiger partial charge is 0.393 e. The molecule has 1 aromatic rings. The van der Waals surface area contributed by atoms with Gasteiger partial charge in [0.05, 0.1) is 12.2 Å². The minimum absolute atomic E-state index is 0.139. The maximum Gasteiger partial charge on any atom is 0.0920 e. The summed E-state index contributed by atoms with van der Waals surface area (Å²) >= 11 is 0. The zero-order chi connectivity index (χ0) is 10.2. The van der Waals surface area contributed by atoms with E-state index in [2.05, 4.69) is 25.1 Å². The van der Waals surface area contributed by atoms with Crippen molar-refractivity contribution in [2.24, 2.45) is 0 Å². The third-order valence-corrected chi connectivity index (χ3v) is 3.04. The van der Waals surface area contributed by atoms with E-state index in [9.17, 15) is 5.11 Å². The molecule has 0 saturated heterocycles. The quantitative estimate of drug-likeness (QED) is 0.702. The average molecular weight is 192 g/mol. The molecule has 14 heavy (non-hydrogen) atoms. The highest BCUT2D eigenvalue weighted by molar-refractivity contribution is 5.35. The van der Waals surface area contributed by atoms with Gasteiger partial charge in [-0.3, -0.25) is 0 Å². The first kappa shape index (κ1) is 9.69. The van der Waals surface area contributed by atoms with Gasteiger partial charge in [-0.1, -0.05) is 23.8 Å². The fourth-order valence-electron chi connectivity index (χ4n) is 2.11. The van der Waals surface area contributed by atoms with E-state index in [0.717, 1.165) is 6.42 Å². The van der Waals surface area contributed by atoms with Crippen LogP contribution in [0.2, 0.25) is 0 Å². The highest BCUT2D eigenvalue weighted by Crippen LogP contribution is 2.28. The maximum absolute atomic E-state index is 9.95. The normalized spacial score (nSPS) is 25.9. The van der Waals surface area contributed by atoms with E-state index < -0.39 is 5.60 Å². The second kappa shape index (κ2) is 3.37. The number of hydrogen-bond acceptors (Lipinski definition) is 2. The second-order valence-electron chi connectivity index (χ2n) is 4.33. The summed E-state index contributed by atoms with van der Waals surface area (Å²) in [7, 11) is 0. The first-order valence-corrected chi connectivity index (χ1v) is 5.05. The Morgan fingerprint density at radius 3 is 2.86 bits per heavy atom. The highest BCUT2D eigenvalue weighted by Gasteiger charge is 2.31. The molecule has 1 aliphatic rings. The van der Waals surface area contributed by atoms with Crippen LogP contribution in [0.4, 0.5) is 0 Å². The molecule has 0 spiro atoms.